The van der Waals surface area contributed by atoms with Crippen molar-refractivity contribution < 1.29 is 0 Å². The minimum atomic E-state index is -0.0783. The van der Waals surface area contributed by atoms with Crippen LogP contribution in [0.1, 0.15) is 6.92 Å². The monoisotopic (exact) mass is 233 g/mol. The van der Waals surface area contributed by atoms with Crippen LogP contribution in [0.25, 0.3) is 0 Å². The van der Waals surface area contributed by atoms with Gasteiger partial charge < -0.3 is 4.98 Å². The Bertz CT molecular complexity index is 297. The van der Waals surface area contributed by atoms with Gasteiger partial charge in [-0.15, -0.1) is 11.8 Å². The quantitative estimate of drug-likeness (QED) is 0.796. The van der Waals surface area contributed by atoms with E-state index in [0.717, 1.165) is 10.6 Å². The molecule has 0 fully saturated rings. The summed E-state index contributed by atoms with van der Waals surface area (Å²) in [5.74, 6) is 1.01. The van der Waals surface area contributed by atoms with Crippen LogP contribution in [0, 0.1) is 0 Å². The van der Waals surface area contributed by atoms with E-state index in [1.165, 1.54) is 0 Å². The fraction of sp³-hybridized carbons (Fsp3) is 0.286. The van der Waals surface area contributed by atoms with Crippen molar-refractivity contribution in [2.24, 2.45) is 0 Å². The lowest BCUT2D eigenvalue weighted by molar-refractivity contribution is 1.15. The minimum Gasteiger partial charge on any atom is -0.327 e. The van der Waals surface area contributed by atoms with Crippen molar-refractivity contribution in [3.8, 4) is 0 Å². The van der Waals surface area contributed by atoms with Crippen molar-refractivity contribution in [3.63, 3.8) is 0 Å². The molecule has 1 N–H and O–H groups in total. The highest BCUT2D eigenvalue weighted by Crippen LogP contribution is 2.17. The molecule has 0 bridgehead atoms. The maximum Gasteiger partial charge on any atom is 0.262 e. The Morgan fingerprint density at radius 2 is 2.45 bits per heavy atom. The predicted molar refractivity (Wildman–Crippen MR) is 51.2 cm³/mol. The van der Waals surface area contributed by atoms with Gasteiger partial charge in [0, 0.05) is 11.1 Å². The summed E-state index contributed by atoms with van der Waals surface area (Å²) in [7, 11) is 0. The topological polar surface area (TPSA) is 32.9 Å². The Kier molecular flexibility index (Phi) is 3.20. The second-order valence-electron chi connectivity index (χ2n) is 1.95. The zero-order valence-corrected chi connectivity index (χ0v) is 8.46. The molecule has 60 valence electrons. The number of hydrogen-bond donors (Lipinski definition) is 1. The van der Waals surface area contributed by atoms with Gasteiger partial charge >= 0.3 is 0 Å². The molecule has 0 radical (unpaired) electrons. The number of nitrogens with one attached hydrogen (secondary N) is 1. The average molecular weight is 234 g/mol. The molecule has 1 heterocycles. The number of hydrogen-bond acceptors (Lipinski definition) is 2. The summed E-state index contributed by atoms with van der Waals surface area (Å²) in [6.45, 7) is 2.07. The van der Waals surface area contributed by atoms with Crippen LogP contribution in [-0.2, 0) is 0 Å². The maximum absolute atomic E-state index is 10.9. The normalized spacial score (nSPS) is 10.0. The molecule has 2 nitrogen and oxygen atoms in total. The first-order valence-electron chi connectivity index (χ1n) is 3.25. The molecule has 0 saturated carbocycles. The van der Waals surface area contributed by atoms with E-state index in [4.69, 9.17) is 0 Å². The highest BCUT2D eigenvalue weighted by atomic mass is 79.9. The second-order valence-corrected chi connectivity index (χ2v) is 4.14. The number of rotatable bonds is 2. The van der Waals surface area contributed by atoms with Gasteiger partial charge in [0.1, 0.15) is 0 Å². The van der Waals surface area contributed by atoms with Crippen LogP contribution in [0.4, 0.5) is 0 Å². The van der Waals surface area contributed by atoms with E-state index in [0.29, 0.717) is 4.47 Å². The Labute approximate surface area is 77.5 Å². The summed E-state index contributed by atoms with van der Waals surface area (Å²) in [6.07, 6.45) is 1.72. The molecule has 0 aliphatic carbocycles. The van der Waals surface area contributed by atoms with E-state index in [-0.39, 0.29) is 5.56 Å². The molecule has 0 amide bonds. The van der Waals surface area contributed by atoms with Crippen LogP contribution in [0.3, 0.4) is 0 Å². The van der Waals surface area contributed by atoms with Gasteiger partial charge in [-0.2, -0.15) is 0 Å². The summed E-state index contributed by atoms with van der Waals surface area (Å²) in [5.41, 5.74) is -0.0783. The Morgan fingerprint density at radius 1 is 1.73 bits per heavy atom. The van der Waals surface area contributed by atoms with Crippen molar-refractivity contribution >= 4 is 27.7 Å². The van der Waals surface area contributed by atoms with Gasteiger partial charge in [0.15, 0.2) is 0 Å². The van der Waals surface area contributed by atoms with E-state index in [1.54, 1.807) is 18.0 Å². The lowest BCUT2D eigenvalue weighted by Crippen LogP contribution is -2.04. The molecular formula is C7H8BrNOS. The largest absolute Gasteiger partial charge is 0.327 e. The van der Waals surface area contributed by atoms with Crippen LogP contribution in [-0.4, -0.2) is 10.7 Å². The van der Waals surface area contributed by atoms with Gasteiger partial charge in [-0.3, -0.25) is 4.79 Å². The molecule has 1 rings (SSSR count). The number of thioether (sulfide) groups is 1. The van der Waals surface area contributed by atoms with Crippen molar-refractivity contribution in [2.45, 2.75) is 11.8 Å². The van der Waals surface area contributed by atoms with Crippen molar-refractivity contribution in [3.05, 3.63) is 27.1 Å². The predicted octanol–water partition coefficient (Wildman–Crippen LogP) is 2.25. The number of halogens is 1. The van der Waals surface area contributed by atoms with Crippen molar-refractivity contribution in [1.29, 1.82) is 0 Å². The van der Waals surface area contributed by atoms with Crippen LogP contribution in [0.5, 0.6) is 0 Å². The van der Waals surface area contributed by atoms with Crippen molar-refractivity contribution in [1.82, 2.24) is 4.98 Å². The molecule has 0 atom stereocenters. The summed E-state index contributed by atoms with van der Waals surface area (Å²) >= 11 is 4.86. The first-order chi connectivity index (χ1) is 5.24. The van der Waals surface area contributed by atoms with Crippen molar-refractivity contribution in [2.75, 3.05) is 5.75 Å². The summed E-state index contributed by atoms with van der Waals surface area (Å²) in [6, 6.07) is 1.83. The SMILES string of the molecule is CCSc1c[nH]c(=O)c(Br)c1. The van der Waals surface area contributed by atoms with Gasteiger partial charge in [-0.1, -0.05) is 6.92 Å². The summed E-state index contributed by atoms with van der Waals surface area (Å²) in [4.78, 5) is 14.6. The second kappa shape index (κ2) is 3.97. The Morgan fingerprint density at radius 3 is 3.00 bits per heavy atom. The van der Waals surface area contributed by atoms with Gasteiger partial charge in [0.25, 0.3) is 5.56 Å². The zero-order valence-electron chi connectivity index (χ0n) is 6.06. The Balaban J connectivity index is 2.96. The Hall–Kier alpha value is -0.220. The van der Waals surface area contributed by atoms with Gasteiger partial charge in [-0.05, 0) is 27.7 Å². The number of H-pyrrole nitrogens is 1. The molecule has 0 aliphatic heterocycles. The lowest BCUT2D eigenvalue weighted by Gasteiger charge is -1.96. The highest BCUT2D eigenvalue weighted by Gasteiger charge is 1.96. The number of aromatic amines is 1. The molecule has 1 aromatic rings. The standard InChI is InChI=1S/C7H8BrNOS/c1-2-11-5-3-6(8)7(10)9-4-5/h3-4H,2H2,1H3,(H,9,10). The van der Waals surface area contributed by atoms with Gasteiger partial charge in [0.2, 0.25) is 0 Å². The molecule has 0 unspecified atom stereocenters. The van der Waals surface area contributed by atoms with Gasteiger partial charge in [-0.25, -0.2) is 0 Å². The molecule has 0 aliphatic rings. The molecule has 0 saturated heterocycles. The molecule has 4 heteroatoms. The third-order valence-corrected chi connectivity index (χ3v) is 2.59. The lowest BCUT2D eigenvalue weighted by atomic mass is 10.5. The first kappa shape index (κ1) is 8.87. The number of pyridine rings is 1. The summed E-state index contributed by atoms with van der Waals surface area (Å²) < 4.78 is 0.593. The van der Waals surface area contributed by atoms with E-state index < -0.39 is 0 Å². The van der Waals surface area contributed by atoms with E-state index >= 15 is 0 Å². The van der Waals surface area contributed by atoms with Crippen LogP contribution < -0.4 is 5.56 Å². The first-order valence-corrected chi connectivity index (χ1v) is 5.03. The van der Waals surface area contributed by atoms with E-state index in [1.807, 2.05) is 6.07 Å². The fourth-order valence-electron chi connectivity index (χ4n) is 0.688. The summed E-state index contributed by atoms with van der Waals surface area (Å²) in [5, 5.41) is 0. The molecular weight excluding hydrogens is 226 g/mol. The van der Waals surface area contributed by atoms with Gasteiger partial charge in [0.05, 0.1) is 4.47 Å². The molecule has 0 aromatic carbocycles. The fourth-order valence-corrected chi connectivity index (χ4v) is 1.88. The smallest absolute Gasteiger partial charge is 0.262 e. The van der Waals surface area contributed by atoms with E-state index in [9.17, 15) is 4.79 Å². The third kappa shape index (κ3) is 2.38. The maximum atomic E-state index is 10.9. The van der Waals surface area contributed by atoms with Crippen LogP contribution in [0.2, 0.25) is 0 Å². The highest BCUT2D eigenvalue weighted by molar-refractivity contribution is 9.10. The van der Waals surface area contributed by atoms with E-state index in [2.05, 4.69) is 27.8 Å². The molecule has 11 heavy (non-hydrogen) atoms. The molecule has 0 spiro atoms. The van der Waals surface area contributed by atoms with Crippen LogP contribution in [0.15, 0.2) is 26.4 Å². The minimum absolute atomic E-state index is 0.0783. The average Bonchev–Trinajstić information content (AvgIpc) is 1.98. The van der Waals surface area contributed by atoms with Crippen LogP contribution >= 0.6 is 27.7 Å². The number of aromatic nitrogens is 1. The zero-order chi connectivity index (χ0) is 8.27. The third-order valence-electron chi connectivity index (χ3n) is 1.14. The molecule has 1 aromatic heterocycles.